The summed E-state index contributed by atoms with van der Waals surface area (Å²) in [5.74, 6) is 0.939. The topological polar surface area (TPSA) is 49.1 Å². The molecule has 4 heteroatoms. The fourth-order valence-corrected chi connectivity index (χ4v) is 4.62. The first-order valence-corrected chi connectivity index (χ1v) is 8.97. The number of rotatable bonds is 5. The van der Waals surface area contributed by atoms with Gasteiger partial charge in [-0.2, -0.15) is 0 Å². The van der Waals surface area contributed by atoms with Crippen molar-refractivity contribution in [1.82, 2.24) is 10.6 Å². The number of ether oxygens (including phenoxy) is 2. The highest BCUT2D eigenvalue weighted by molar-refractivity contribution is 4.93. The maximum absolute atomic E-state index is 5.30. The van der Waals surface area contributed by atoms with Crippen LogP contribution in [0.25, 0.3) is 0 Å². The Kier molecular flexibility index (Phi) is 3.99. The van der Waals surface area contributed by atoms with Gasteiger partial charge < -0.3 is 9.47 Å². The van der Waals surface area contributed by atoms with Crippen molar-refractivity contribution < 1.29 is 9.47 Å². The van der Waals surface area contributed by atoms with Crippen molar-refractivity contribution in [1.29, 1.82) is 0 Å². The van der Waals surface area contributed by atoms with Crippen LogP contribution < -0.4 is 10.6 Å². The summed E-state index contributed by atoms with van der Waals surface area (Å²) < 4.78 is 10.6. The van der Waals surface area contributed by atoms with Gasteiger partial charge in [-0.3, -0.25) is 10.6 Å². The van der Waals surface area contributed by atoms with Gasteiger partial charge >= 0.3 is 0 Å². The van der Waals surface area contributed by atoms with E-state index in [1.165, 1.54) is 51.4 Å². The van der Waals surface area contributed by atoms with Gasteiger partial charge in [-0.15, -0.1) is 0 Å². The molecule has 2 saturated heterocycles. The van der Waals surface area contributed by atoms with Crippen LogP contribution in [0.3, 0.4) is 0 Å². The SMILES string of the molecule is CC1(C2CCC(NC3CO3)CC2)CCC(NC2CO2)CC1. The Morgan fingerprint density at radius 3 is 1.71 bits per heavy atom. The first-order chi connectivity index (χ1) is 10.2. The van der Waals surface area contributed by atoms with E-state index < -0.39 is 0 Å². The third-order valence-electron chi connectivity index (χ3n) is 6.35. The van der Waals surface area contributed by atoms with Crippen molar-refractivity contribution in [3.8, 4) is 0 Å². The van der Waals surface area contributed by atoms with E-state index in [2.05, 4.69) is 17.6 Å². The molecule has 0 aromatic heterocycles. The van der Waals surface area contributed by atoms with Crippen molar-refractivity contribution in [2.75, 3.05) is 13.2 Å². The molecule has 4 aliphatic rings. The van der Waals surface area contributed by atoms with E-state index in [0.29, 0.717) is 30.0 Å². The summed E-state index contributed by atoms with van der Waals surface area (Å²) in [5.41, 5.74) is 0.587. The van der Waals surface area contributed by atoms with Crippen LogP contribution >= 0.6 is 0 Å². The third-order valence-corrected chi connectivity index (χ3v) is 6.35. The van der Waals surface area contributed by atoms with Gasteiger partial charge in [-0.1, -0.05) is 6.92 Å². The number of hydrogen-bond donors (Lipinski definition) is 2. The van der Waals surface area contributed by atoms with E-state index in [9.17, 15) is 0 Å². The first kappa shape index (κ1) is 14.4. The highest BCUT2D eigenvalue weighted by Gasteiger charge is 2.41. The lowest BCUT2D eigenvalue weighted by Crippen LogP contribution is -2.43. The zero-order valence-electron chi connectivity index (χ0n) is 13.3. The minimum absolute atomic E-state index is 0.380. The van der Waals surface area contributed by atoms with Gasteiger partial charge in [0, 0.05) is 12.1 Å². The molecule has 0 spiro atoms. The van der Waals surface area contributed by atoms with Crippen molar-refractivity contribution in [3.63, 3.8) is 0 Å². The van der Waals surface area contributed by atoms with Gasteiger partial charge in [-0.25, -0.2) is 0 Å². The molecular formula is C17H30N2O2. The molecule has 0 bridgehead atoms. The minimum atomic E-state index is 0.380. The van der Waals surface area contributed by atoms with Crippen LogP contribution in [0.5, 0.6) is 0 Å². The normalized spacial score (nSPS) is 49.9. The molecule has 2 atom stereocenters. The van der Waals surface area contributed by atoms with Gasteiger partial charge in [0.05, 0.1) is 13.2 Å². The molecule has 4 rings (SSSR count). The van der Waals surface area contributed by atoms with Gasteiger partial charge in [0.25, 0.3) is 0 Å². The lowest BCUT2D eigenvalue weighted by molar-refractivity contribution is 0.0644. The van der Waals surface area contributed by atoms with E-state index >= 15 is 0 Å². The number of hydrogen-bond acceptors (Lipinski definition) is 4. The quantitative estimate of drug-likeness (QED) is 0.764. The van der Waals surface area contributed by atoms with E-state index in [-0.39, 0.29) is 0 Å². The zero-order valence-corrected chi connectivity index (χ0v) is 13.3. The summed E-state index contributed by atoms with van der Waals surface area (Å²) in [7, 11) is 0. The second-order valence-corrected chi connectivity index (χ2v) is 7.95. The monoisotopic (exact) mass is 294 g/mol. The predicted octanol–water partition coefficient (Wildman–Crippen LogP) is 2.39. The maximum atomic E-state index is 5.30. The van der Waals surface area contributed by atoms with E-state index in [1.807, 2.05) is 0 Å². The third kappa shape index (κ3) is 3.61. The summed E-state index contributed by atoms with van der Waals surface area (Å²) in [4.78, 5) is 0. The van der Waals surface area contributed by atoms with Crippen molar-refractivity contribution in [2.45, 2.75) is 82.8 Å². The molecule has 2 N–H and O–H groups in total. The van der Waals surface area contributed by atoms with Gasteiger partial charge in [0.1, 0.15) is 12.5 Å². The molecule has 4 nitrogen and oxygen atoms in total. The average molecular weight is 294 g/mol. The molecule has 2 saturated carbocycles. The van der Waals surface area contributed by atoms with Crippen LogP contribution in [-0.4, -0.2) is 37.8 Å². The second kappa shape index (κ2) is 5.80. The number of epoxide rings is 2. The molecule has 2 heterocycles. The van der Waals surface area contributed by atoms with Crippen LogP contribution in [0.15, 0.2) is 0 Å². The van der Waals surface area contributed by atoms with Crippen LogP contribution in [-0.2, 0) is 9.47 Å². The highest BCUT2D eigenvalue weighted by atomic mass is 16.6. The molecule has 0 aromatic carbocycles. The van der Waals surface area contributed by atoms with Crippen LogP contribution in [0.2, 0.25) is 0 Å². The standard InChI is InChI=1S/C17H30N2O2/c1-17(8-6-14(7-9-17)19-16-11-21-16)12-2-4-13(5-3-12)18-15-10-20-15/h12-16,18-19H,2-11H2,1H3. The van der Waals surface area contributed by atoms with E-state index in [1.54, 1.807) is 0 Å². The number of nitrogens with one attached hydrogen (secondary N) is 2. The highest BCUT2D eigenvalue weighted by Crippen LogP contribution is 2.48. The Balaban J connectivity index is 1.23. The first-order valence-electron chi connectivity index (χ1n) is 8.97. The molecular weight excluding hydrogens is 264 g/mol. The van der Waals surface area contributed by atoms with Gasteiger partial charge in [0.2, 0.25) is 0 Å². The van der Waals surface area contributed by atoms with Crippen LogP contribution in [0.1, 0.15) is 58.3 Å². The summed E-state index contributed by atoms with van der Waals surface area (Å²) in [6, 6.07) is 1.41. The minimum Gasteiger partial charge on any atom is -0.357 e. The largest absolute Gasteiger partial charge is 0.357 e. The van der Waals surface area contributed by atoms with Crippen molar-refractivity contribution >= 4 is 0 Å². The van der Waals surface area contributed by atoms with Crippen LogP contribution in [0, 0.1) is 11.3 Å². The molecule has 2 aliphatic carbocycles. The van der Waals surface area contributed by atoms with Crippen molar-refractivity contribution in [3.05, 3.63) is 0 Å². The Bertz CT molecular complexity index is 352. The Morgan fingerprint density at radius 1 is 0.762 bits per heavy atom. The second-order valence-electron chi connectivity index (χ2n) is 7.95. The fraction of sp³-hybridized carbons (Fsp3) is 1.00. The van der Waals surface area contributed by atoms with E-state index in [4.69, 9.17) is 9.47 Å². The molecule has 0 aromatic rings. The molecule has 120 valence electrons. The van der Waals surface area contributed by atoms with Gasteiger partial charge in [-0.05, 0) is 62.7 Å². The van der Waals surface area contributed by atoms with Crippen molar-refractivity contribution in [2.24, 2.45) is 11.3 Å². The smallest absolute Gasteiger partial charge is 0.132 e. The molecule has 2 unspecified atom stereocenters. The molecule has 0 radical (unpaired) electrons. The molecule has 4 fully saturated rings. The summed E-state index contributed by atoms with van der Waals surface area (Å²) in [6.45, 7) is 4.41. The maximum Gasteiger partial charge on any atom is 0.132 e. The molecule has 2 aliphatic heterocycles. The lowest BCUT2D eigenvalue weighted by Gasteiger charge is -2.46. The summed E-state index contributed by atoms with van der Waals surface area (Å²) in [5, 5.41) is 7.24. The fourth-order valence-electron chi connectivity index (χ4n) is 4.62. The Morgan fingerprint density at radius 2 is 1.24 bits per heavy atom. The lowest BCUT2D eigenvalue weighted by atomic mass is 9.62. The average Bonchev–Trinajstić information content (AvgIpc) is 3.39. The molecule has 21 heavy (non-hydrogen) atoms. The predicted molar refractivity (Wildman–Crippen MR) is 81.9 cm³/mol. The zero-order chi connectivity index (χ0) is 14.3. The van der Waals surface area contributed by atoms with Crippen LogP contribution in [0.4, 0.5) is 0 Å². The molecule has 0 amide bonds. The van der Waals surface area contributed by atoms with E-state index in [0.717, 1.165) is 19.1 Å². The Labute approximate surface area is 128 Å². The summed E-state index contributed by atoms with van der Waals surface area (Å²) >= 11 is 0. The van der Waals surface area contributed by atoms with Gasteiger partial charge in [0.15, 0.2) is 0 Å². The summed E-state index contributed by atoms with van der Waals surface area (Å²) in [6.07, 6.45) is 11.7. The Hall–Kier alpha value is -0.160.